The van der Waals surface area contributed by atoms with Gasteiger partial charge in [0.05, 0.1) is 17.3 Å². The van der Waals surface area contributed by atoms with Crippen LogP contribution in [0.25, 0.3) is 11.3 Å². The number of halogens is 2. The second-order valence-corrected chi connectivity index (χ2v) is 8.54. The van der Waals surface area contributed by atoms with Gasteiger partial charge in [0.25, 0.3) is 0 Å². The van der Waals surface area contributed by atoms with Gasteiger partial charge >= 0.3 is 5.97 Å². The van der Waals surface area contributed by atoms with Gasteiger partial charge in [-0.15, -0.1) is 0 Å². The molecule has 0 saturated heterocycles. The summed E-state index contributed by atoms with van der Waals surface area (Å²) in [6.45, 7) is 5.09. The highest BCUT2D eigenvalue weighted by Gasteiger charge is 2.40. The lowest BCUT2D eigenvalue weighted by Crippen LogP contribution is -2.16. The number of aryl methyl sites for hydroxylation is 2. The van der Waals surface area contributed by atoms with Crippen LogP contribution in [0.5, 0.6) is 0 Å². The first-order valence-electron chi connectivity index (χ1n) is 11.3. The van der Waals surface area contributed by atoms with Crippen LogP contribution in [-0.2, 0) is 28.8 Å². The Morgan fingerprint density at radius 3 is 2.76 bits per heavy atom. The third kappa shape index (κ3) is 4.41. The first-order chi connectivity index (χ1) is 16.3. The Balaban J connectivity index is 1.90. The summed E-state index contributed by atoms with van der Waals surface area (Å²) >= 11 is 0. The topological polar surface area (TPSA) is 75.9 Å². The van der Waals surface area contributed by atoms with Crippen LogP contribution in [0, 0.1) is 24.1 Å². The summed E-state index contributed by atoms with van der Waals surface area (Å²) in [6, 6.07) is 8.42. The van der Waals surface area contributed by atoms with E-state index in [2.05, 4.69) is 16.0 Å². The lowest BCUT2D eigenvalue weighted by molar-refractivity contribution is -0.149. The Morgan fingerprint density at radius 2 is 2.09 bits per heavy atom. The summed E-state index contributed by atoms with van der Waals surface area (Å²) < 4.78 is 34.7. The number of benzene rings is 1. The van der Waals surface area contributed by atoms with Crippen molar-refractivity contribution >= 4 is 5.97 Å². The Morgan fingerprint density at radius 1 is 1.29 bits per heavy atom. The van der Waals surface area contributed by atoms with Crippen molar-refractivity contribution in [1.29, 1.82) is 5.26 Å². The number of fused-ring (bicyclic) bond motifs is 1. The van der Waals surface area contributed by atoms with E-state index in [0.29, 0.717) is 35.2 Å². The fourth-order valence-corrected chi connectivity index (χ4v) is 4.73. The average Bonchev–Trinajstić information content (AvgIpc) is 3.12. The number of nitriles is 1. The molecule has 4 rings (SSSR count). The zero-order chi connectivity index (χ0) is 24.4. The Kier molecular flexibility index (Phi) is 6.69. The molecule has 1 aliphatic rings. The van der Waals surface area contributed by atoms with Crippen molar-refractivity contribution in [3.8, 4) is 17.3 Å². The average molecular weight is 462 g/mol. The Labute approximate surface area is 197 Å². The zero-order valence-electron chi connectivity index (χ0n) is 19.4. The van der Waals surface area contributed by atoms with Crippen molar-refractivity contribution in [3.05, 3.63) is 81.6 Å². The van der Waals surface area contributed by atoms with Gasteiger partial charge < -0.3 is 4.74 Å². The molecule has 0 radical (unpaired) electrons. The smallest absolute Gasteiger partial charge is 0.303 e. The number of pyridine rings is 2. The maximum absolute atomic E-state index is 15.2. The second-order valence-electron chi connectivity index (χ2n) is 8.54. The normalized spacial score (nSPS) is 16.7. The minimum atomic E-state index is -1.42. The lowest BCUT2D eigenvalue weighted by atomic mass is 9.90. The molecule has 2 aromatic heterocycles. The summed E-state index contributed by atoms with van der Waals surface area (Å²) in [6.07, 6.45) is 2.63. The van der Waals surface area contributed by atoms with Gasteiger partial charge in [0.2, 0.25) is 0 Å². The van der Waals surface area contributed by atoms with Crippen LogP contribution < -0.4 is 0 Å². The molecule has 0 fully saturated rings. The summed E-state index contributed by atoms with van der Waals surface area (Å²) in [5.41, 5.74) is 5.71. The van der Waals surface area contributed by atoms with Crippen molar-refractivity contribution in [3.63, 3.8) is 0 Å². The fraction of sp³-hybridized carbons (Fsp3) is 0.333. The number of nitrogens with zero attached hydrogens (tertiary/aromatic N) is 3. The molecule has 174 valence electrons. The van der Waals surface area contributed by atoms with Crippen LogP contribution >= 0.6 is 0 Å². The summed E-state index contributed by atoms with van der Waals surface area (Å²) in [7, 11) is 0. The lowest BCUT2D eigenvalue weighted by Gasteiger charge is -2.19. The minimum Gasteiger partial charge on any atom is -0.454 e. The van der Waals surface area contributed by atoms with E-state index in [-0.39, 0.29) is 12.0 Å². The molecule has 0 spiro atoms. The van der Waals surface area contributed by atoms with Crippen LogP contribution in [0.1, 0.15) is 65.4 Å². The van der Waals surface area contributed by atoms with Crippen molar-refractivity contribution in [2.24, 2.45) is 0 Å². The van der Waals surface area contributed by atoms with Crippen molar-refractivity contribution in [1.82, 2.24) is 9.97 Å². The van der Waals surface area contributed by atoms with Crippen LogP contribution in [0.4, 0.5) is 8.78 Å². The molecule has 0 amide bonds. The van der Waals surface area contributed by atoms with Crippen LogP contribution in [0.3, 0.4) is 0 Å². The van der Waals surface area contributed by atoms with E-state index in [4.69, 9.17) is 4.74 Å². The first-order valence-corrected chi connectivity index (χ1v) is 11.3. The molecule has 0 N–H and O–H groups in total. The first kappa shape index (κ1) is 23.5. The van der Waals surface area contributed by atoms with Crippen LogP contribution in [-0.4, -0.2) is 22.1 Å². The van der Waals surface area contributed by atoms with Crippen molar-refractivity contribution in [2.45, 2.75) is 58.7 Å². The van der Waals surface area contributed by atoms with Gasteiger partial charge in [-0.3, -0.25) is 14.8 Å². The van der Waals surface area contributed by atoms with Gasteiger partial charge in [-0.25, -0.2) is 8.78 Å². The zero-order valence-corrected chi connectivity index (χ0v) is 19.4. The number of carbonyl (C=O) groups excluding carboxylic acids is 1. The van der Waals surface area contributed by atoms with Gasteiger partial charge in [-0.2, -0.15) is 5.26 Å². The number of alkyl halides is 1. The molecule has 2 atom stereocenters. The molecule has 1 aliphatic carbocycles. The highest BCUT2D eigenvalue weighted by atomic mass is 19.1. The van der Waals surface area contributed by atoms with Gasteiger partial charge in [-0.05, 0) is 59.9 Å². The SMILES string of the molecule is CCCc1cc(F)cc(C#N)c1Cc1cnc(-c2cccnc2C)c2c1CC(F)C2OC(C)=O. The van der Waals surface area contributed by atoms with E-state index < -0.39 is 24.1 Å². The summed E-state index contributed by atoms with van der Waals surface area (Å²) in [5.74, 6) is -1.02. The standard InChI is InChI=1S/C27H25F2N3O2/c1-4-6-17-9-20(28)10-18(13-30)22(17)11-19-14-32-26(21-7-5-8-31-15(21)2)25-23(19)12-24(29)27(25)34-16(3)33/h5,7-10,14,24,27H,4,6,11-12H2,1-3H3. The number of carbonyl (C=O) groups is 1. The molecule has 34 heavy (non-hydrogen) atoms. The quantitative estimate of drug-likeness (QED) is 0.453. The minimum absolute atomic E-state index is 0.0592. The predicted octanol–water partition coefficient (Wildman–Crippen LogP) is 5.50. The van der Waals surface area contributed by atoms with E-state index in [1.165, 1.54) is 19.1 Å². The molecule has 2 unspecified atom stereocenters. The molecule has 0 aliphatic heterocycles. The van der Waals surface area contributed by atoms with E-state index >= 15 is 4.39 Å². The molecule has 7 heteroatoms. The van der Waals surface area contributed by atoms with Crippen LogP contribution in [0.2, 0.25) is 0 Å². The number of ether oxygens (including phenoxy) is 1. The van der Waals surface area contributed by atoms with E-state index in [0.717, 1.165) is 28.8 Å². The van der Waals surface area contributed by atoms with E-state index in [9.17, 15) is 14.4 Å². The number of rotatable bonds is 6. The van der Waals surface area contributed by atoms with E-state index in [1.54, 1.807) is 18.5 Å². The monoisotopic (exact) mass is 461 g/mol. The summed E-state index contributed by atoms with van der Waals surface area (Å²) in [4.78, 5) is 20.8. The van der Waals surface area contributed by atoms with Gasteiger partial charge in [-0.1, -0.05) is 13.3 Å². The van der Waals surface area contributed by atoms with Gasteiger partial charge in [0.15, 0.2) is 6.10 Å². The molecular formula is C27H25F2N3O2. The maximum Gasteiger partial charge on any atom is 0.303 e. The summed E-state index contributed by atoms with van der Waals surface area (Å²) in [5, 5.41) is 9.66. The van der Waals surface area contributed by atoms with Gasteiger partial charge in [0, 0.05) is 49.0 Å². The number of hydrogen-bond donors (Lipinski definition) is 0. The Hall–Kier alpha value is -3.66. The predicted molar refractivity (Wildman–Crippen MR) is 123 cm³/mol. The molecule has 1 aromatic carbocycles. The van der Waals surface area contributed by atoms with Crippen LogP contribution in [0.15, 0.2) is 36.7 Å². The van der Waals surface area contributed by atoms with Gasteiger partial charge in [0.1, 0.15) is 12.0 Å². The Bertz CT molecular complexity index is 1300. The second kappa shape index (κ2) is 9.68. The molecule has 2 heterocycles. The largest absolute Gasteiger partial charge is 0.454 e. The number of hydrogen-bond acceptors (Lipinski definition) is 5. The molecule has 0 saturated carbocycles. The molecular weight excluding hydrogens is 436 g/mol. The van der Waals surface area contributed by atoms with Crippen molar-refractivity contribution < 1.29 is 18.3 Å². The highest BCUT2D eigenvalue weighted by Crippen LogP contribution is 2.44. The third-order valence-corrected chi connectivity index (χ3v) is 6.20. The fourth-order valence-electron chi connectivity index (χ4n) is 4.73. The van der Waals surface area contributed by atoms with E-state index in [1.807, 2.05) is 19.9 Å². The highest BCUT2D eigenvalue weighted by molar-refractivity contribution is 5.72. The van der Waals surface area contributed by atoms with Crippen molar-refractivity contribution in [2.75, 3.05) is 0 Å². The molecule has 0 bridgehead atoms. The molecule has 5 nitrogen and oxygen atoms in total. The number of esters is 1. The maximum atomic E-state index is 15.2. The third-order valence-electron chi connectivity index (χ3n) is 6.20. The number of aromatic nitrogens is 2. The molecule has 3 aromatic rings.